The van der Waals surface area contributed by atoms with Crippen LogP contribution in [0.3, 0.4) is 0 Å². The Morgan fingerprint density at radius 2 is 1.87 bits per heavy atom. The van der Waals surface area contributed by atoms with E-state index in [4.69, 9.17) is 9.94 Å². The third-order valence-corrected chi connectivity index (χ3v) is 5.19. The molecule has 0 saturated carbocycles. The molecule has 1 heterocycles. The van der Waals surface area contributed by atoms with E-state index in [1.54, 1.807) is 11.6 Å². The zero-order valence-electron chi connectivity index (χ0n) is 17.7. The summed E-state index contributed by atoms with van der Waals surface area (Å²) in [4.78, 5) is 13.6. The molecule has 6 heteroatoms. The highest BCUT2D eigenvalue weighted by Crippen LogP contribution is 2.25. The number of carbonyl (C=O) groups is 1. The van der Waals surface area contributed by atoms with E-state index in [9.17, 15) is 4.79 Å². The Hall–Kier alpha value is -2.83. The molecule has 0 aliphatic carbocycles. The van der Waals surface area contributed by atoms with Crippen LogP contribution in [0.2, 0.25) is 0 Å². The van der Waals surface area contributed by atoms with Crippen LogP contribution < -0.4 is 20.4 Å². The molecule has 0 atom stereocenters. The number of para-hydroxylation sites is 1. The highest BCUT2D eigenvalue weighted by atomic mass is 16.5. The second-order valence-electron chi connectivity index (χ2n) is 7.82. The second kappa shape index (κ2) is 10.8. The lowest BCUT2D eigenvalue weighted by molar-refractivity contribution is -0.124. The lowest BCUT2D eigenvalue weighted by Gasteiger charge is -2.35. The molecule has 1 aliphatic rings. The van der Waals surface area contributed by atoms with Crippen LogP contribution in [-0.2, 0) is 11.3 Å². The molecular weight excluding hydrogens is 378 g/mol. The number of carbonyl (C=O) groups excluding carboxylic acids is 1. The lowest BCUT2D eigenvalue weighted by atomic mass is 10.0. The number of nitrogens with one attached hydrogen (secondary N) is 2. The summed E-state index contributed by atoms with van der Waals surface area (Å²) in [7, 11) is 0. The Morgan fingerprint density at radius 1 is 1.17 bits per heavy atom. The Balaban J connectivity index is 1.51. The van der Waals surface area contributed by atoms with Gasteiger partial charge in [0.15, 0.2) is 0 Å². The number of hydrogen-bond donors (Lipinski definition) is 3. The first-order chi connectivity index (χ1) is 14.5. The van der Waals surface area contributed by atoms with Gasteiger partial charge in [0, 0.05) is 37.4 Å². The molecule has 1 saturated heterocycles. The van der Waals surface area contributed by atoms with E-state index in [2.05, 4.69) is 28.4 Å². The van der Waals surface area contributed by atoms with Crippen LogP contribution in [0.15, 0.2) is 54.6 Å². The Bertz CT molecular complexity index is 841. The molecule has 0 unspecified atom stereocenters. The van der Waals surface area contributed by atoms with Crippen molar-refractivity contribution in [2.45, 2.75) is 45.4 Å². The van der Waals surface area contributed by atoms with Crippen molar-refractivity contribution in [2.24, 2.45) is 0 Å². The molecule has 1 aliphatic heterocycles. The van der Waals surface area contributed by atoms with E-state index in [1.807, 2.05) is 44.2 Å². The molecular formula is C24H31N3O3. The van der Waals surface area contributed by atoms with Gasteiger partial charge in [-0.1, -0.05) is 30.3 Å². The van der Waals surface area contributed by atoms with Gasteiger partial charge in [-0.05, 0) is 62.1 Å². The van der Waals surface area contributed by atoms with Crippen LogP contribution >= 0.6 is 0 Å². The summed E-state index contributed by atoms with van der Waals surface area (Å²) in [5.74, 6) is 0.378. The van der Waals surface area contributed by atoms with E-state index < -0.39 is 5.91 Å². The number of rotatable bonds is 8. The maximum Gasteiger partial charge on any atom is 0.267 e. The van der Waals surface area contributed by atoms with Gasteiger partial charge in [-0.15, -0.1) is 0 Å². The first kappa shape index (κ1) is 21.9. The average molecular weight is 410 g/mol. The van der Waals surface area contributed by atoms with Crippen LogP contribution in [0.25, 0.3) is 6.08 Å². The second-order valence-corrected chi connectivity index (χ2v) is 7.82. The molecule has 2 aromatic rings. The Labute approximate surface area is 178 Å². The summed E-state index contributed by atoms with van der Waals surface area (Å²) >= 11 is 0. The monoisotopic (exact) mass is 409 g/mol. The number of piperidine rings is 1. The fourth-order valence-electron chi connectivity index (χ4n) is 3.66. The fourth-order valence-corrected chi connectivity index (χ4v) is 3.66. The standard InChI is InChI=1S/C24H31N3O3/c1-18(2)30-22-10-7-19(8-11-22)17-25-21-13-15-27(16-14-21)23-6-4-3-5-20(23)9-12-24(28)26-29/h3-12,18,21,25,29H,13-17H2,1-2H3,(H,26,28)/b12-9+. The van der Waals surface area contributed by atoms with Crippen molar-refractivity contribution in [1.29, 1.82) is 0 Å². The molecule has 0 aromatic heterocycles. The third kappa shape index (κ3) is 6.34. The summed E-state index contributed by atoms with van der Waals surface area (Å²) < 4.78 is 5.70. The van der Waals surface area contributed by atoms with E-state index in [0.29, 0.717) is 6.04 Å². The minimum absolute atomic E-state index is 0.187. The molecule has 2 aromatic carbocycles. The van der Waals surface area contributed by atoms with Crippen LogP contribution in [0.1, 0.15) is 37.8 Å². The number of amides is 1. The number of anilines is 1. The lowest BCUT2D eigenvalue weighted by Crippen LogP contribution is -2.42. The minimum Gasteiger partial charge on any atom is -0.491 e. The van der Waals surface area contributed by atoms with E-state index in [-0.39, 0.29) is 6.10 Å². The number of hydrogen-bond acceptors (Lipinski definition) is 5. The van der Waals surface area contributed by atoms with Crippen molar-refractivity contribution in [3.05, 3.63) is 65.7 Å². The number of benzene rings is 2. The Kier molecular flexibility index (Phi) is 7.88. The van der Waals surface area contributed by atoms with Gasteiger partial charge in [0.05, 0.1) is 6.10 Å². The normalized spacial score (nSPS) is 15.0. The number of ether oxygens (including phenoxy) is 1. The molecule has 160 valence electrons. The predicted octanol–water partition coefficient (Wildman–Crippen LogP) is 3.75. The van der Waals surface area contributed by atoms with Crippen LogP contribution in [0.5, 0.6) is 5.75 Å². The summed E-state index contributed by atoms with van der Waals surface area (Å²) in [5.41, 5.74) is 4.96. The largest absolute Gasteiger partial charge is 0.491 e. The van der Waals surface area contributed by atoms with Crippen molar-refractivity contribution < 1.29 is 14.7 Å². The van der Waals surface area contributed by atoms with Crippen molar-refractivity contribution in [3.63, 3.8) is 0 Å². The molecule has 30 heavy (non-hydrogen) atoms. The quantitative estimate of drug-likeness (QED) is 0.352. The summed E-state index contributed by atoms with van der Waals surface area (Å²) in [6, 6.07) is 16.8. The van der Waals surface area contributed by atoms with Gasteiger partial charge in [0.1, 0.15) is 5.75 Å². The molecule has 1 fully saturated rings. The number of hydroxylamine groups is 1. The maximum absolute atomic E-state index is 11.3. The van der Waals surface area contributed by atoms with Gasteiger partial charge in [-0.2, -0.15) is 0 Å². The summed E-state index contributed by atoms with van der Waals surface area (Å²) in [6.07, 6.45) is 5.38. The van der Waals surface area contributed by atoms with Crippen molar-refractivity contribution in [3.8, 4) is 5.75 Å². The third-order valence-electron chi connectivity index (χ3n) is 5.19. The smallest absolute Gasteiger partial charge is 0.267 e. The fraction of sp³-hybridized carbons (Fsp3) is 0.375. The topological polar surface area (TPSA) is 73.8 Å². The van der Waals surface area contributed by atoms with Gasteiger partial charge in [-0.25, -0.2) is 5.48 Å². The number of nitrogens with zero attached hydrogens (tertiary/aromatic N) is 1. The van der Waals surface area contributed by atoms with Gasteiger partial charge in [0.2, 0.25) is 0 Å². The highest BCUT2D eigenvalue weighted by Gasteiger charge is 2.20. The maximum atomic E-state index is 11.3. The molecule has 0 radical (unpaired) electrons. The van der Waals surface area contributed by atoms with Gasteiger partial charge >= 0.3 is 0 Å². The average Bonchev–Trinajstić information content (AvgIpc) is 2.77. The zero-order chi connectivity index (χ0) is 21.3. The van der Waals surface area contributed by atoms with Gasteiger partial charge < -0.3 is 15.0 Å². The zero-order valence-corrected chi connectivity index (χ0v) is 17.7. The summed E-state index contributed by atoms with van der Waals surface area (Å²) in [5, 5.41) is 12.3. The van der Waals surface area contributed by atoms with Gasteiger partial charge in [0.25, 0.3) is 5.91 Å². The molecule has 0 bridgehead atoms. The molecule has 6 nitrogen and oxygen atoms in total. The highest BCUT2D eigenvalue weighted by molar-refractivity contribution is 5.91. The van der Waals surface area contributed by atoms with Crippen molar-refractivity contribution in [1.82, 2.24) is 10.8 Å². The SMILES string of the molecule is CC(C)Oc1ccc(CNC2CCN(c3ccccc3/C=C/C(=O)NO)CC2)cc1. The van der Waals surface area contributed by atoms with E-state index >= 15 is 0 Å². The van der Waals surface area contributed by atoms with Gasteiger partial charge in [-0.3, -0.25) is 10.0 Å². The predicted molar refractivity (Wildman–Crippen MR) is 120 cm³/mol. The van der Waals surface area contributed by atoms with Crippen LogP contribution in [0.4, 0.5) is 5.69 Å². The van der Waals surface area contributed by atoms with Crippen LogP contribution in [0, 0.1) is 0 Å². The molecule has 0 spiro atoms. The first-order valence-electron chi connectivity index (χ1n) is 10.5. The van der Waals surface area contributed by atoms with Crippen molar-refractivity contribution >= 4 is 17.7 Å². The molecule has 1 amide bonds. The summed E-state index contributed by atoms with van der Waals surface area (Å²) in [6.45, 7) is 6.82. The molecule has 3 rings (SSSR count). The van der Waals surface area contributed by atoms with E-state index in [1.165, 1.54) is 11.6 Å². The van der Waals surface area contributed by atoms with E-state index in [0.717, 1.165) is 49.5 Å². The first-order valence-corrected chi connectivity index (χ1v) is 10.5. The molecule has 3 N–H and O–H groups in total. The Morgan fingerprint density at radius 3 is 2.53 bits per heavy atom. The minimum atomic E-state index is -0.531. The van der Waals surface area contributed by atoms with Crippen LogP contribution in [-0.4, -0.2) is 36.3 Å². The van der Waals surface area contributed by atoms with Crippen molar-refractivity contribution in [2.75, 3.05) is 18.0 Å².